The van der Waals surface area contributed by atoms with Gasteiger partial charge in [-0.1, -0.05) is 40.9 Å². The van der Waals surface area contributed by atoms with Crippen molar-refractivity contribution < 1.29 is 0 Å². The fourth-order valence-electron chi connectivity index (χ4n) is 2.23. The first kappa shape index (κ1) is 15.6. The number of benzene rings is 1. The number of nitrogens with zero attached hydrogens (tertiary/aromatic N) is 2. The summed E-state index contributed by atoms with van der Waals surface area (Å²) >= 11 is 18.5. The summed E-state index contributed by atoms with van der Waals surface area (Å²) in [5, 5.41) is 6.19. The van der Waals surface area contributed by atoms with Crippen molar-refractivity contribution in [3.63, 3.8) is 0 Å². The van der Waals surface area contributed by atoms with Gasteiger partial charge in [0.25, 0.3) is 0 Å². The molecule has 0 saturated carbocycles. The quantitative estimate of drug-likeness (QED) is 0.925. The molecular weight excluding hydrogens is 317 g/mol. The zero-order valence-corrected chi connectivity index (χ0v) is 13.6. The second-order valence-corrected chi connectivity index (χ2v) is 6.02. The molecule has 0 bridgehead atoms. The SMILES string of the molecule is Cc1nn(C)c(Cl)c1CC(N)Cc1c(Cl)cccc1Cl. The Morgan fingerprint density at radius 3 is 2.20 bits per heavy atom. The molecule has 0 aliphatic carbocycles. The minimum absolute atomic E-state index is 0.118. The van der Waals surface area contributed by atoms with Crippen LogP contribution in [-0.4, -0.2) is 15.8 Å². The lowest BCUT2D eigenvalue weighted by atomic mass is 10.00. The van der Waals surface area contributed by atoms with Crippen LogP contribution in [-0.2, 0) is 19.9 Å². The first-order valence-corrected chi connectivity index (χ1v) is 7.40. The average molecular weight is 333 g/mol. The Hall–Kier alpha value is -0.740. The second kappa shape index (κ2) is 6.35. The molecule has 0 spiro atoms. The van der Waals surface area contributed by atoms with Gasteiger partial charge in [0.1, 0.15) is 5.15 Å². The second-order valence-electron chi connectivity index (χ2n) is 4.85. The Morgan fingerprint density at radius 1 is 1.15 bits per heavy atom. The van der Waals surface area contributed by atoms with Crippen molar-refractivity contribution in [2.24, 2.45) is 12.8 Å². The summed E-state index contributed by atoms with van der Waals surface area (Å²) in [5.74, 6) is 0. The number of aryl methyl sites for hydroxylation is 2. The third kappa shape index (κ3) is 3.29. The predicted molar refractivity (Wildman–Crippen MR) is 84.8 cm³/mol. The highest BCUT2D eigenvalue weighted by Gasteiger charge is 2.17. The normalized spacial score (nSPS) is 12.7. The number of hydrogen-bond donors (Lipinski definition) is 1. The third-order valence-electron chi connectivity index (χ3n) is 3.26. The highest BCUT2D eigenvalue weighted by Crippen LogP contribution is 2.27. The number of hydrogen-bond acceptors (Lipinski definition) is 2. The van der Waals surface area contributed by atoms with Gasteiger partial charge in [0, 0.05) is 28.7 Å². The Kier molecular flexibility index (Phi) is 4.97. The summed E-state index contributed by atoms with van der Waals surface area (Å²) in [6, 6.07) is 5.34. The summed E-state index contributed by atoms with van der Waals surface area (Å²) < 4.78 is 1.65. The molecule has 1 heterocycles. The molecular formula is C14H16Cl3N3. The van der Waals surface area contributed by atoms with Crippen molar-refractivity contribution in [3.05, 3.63) is 50.2 Å². The van der Waals surface area contributed by atoms with Crippen LogP contribution < -0.4 is 5.73 Å². The smallest absolute Gasteiger partial charge is 0.130 e. The summed E-state index contributed by atoms with van der Waals surface area (Å²) in [4.78, 5) is 0. The van der Waals surface area contributed by atoms with Crippen LogP contribution in [0.1, 0.15) is 16.8 Å². The largest absolute Gasteiger partial charge is 0.327 e. The van der Waals surface area contributed by atoms with E-state index in [9.17, 15) is 0 Å². The molecule has 1 unspecified atom stereocenters. The lowest BCUT2D eigenvalue weighted by Gasteiger charge is -2.14. The standard InChI is InChI=1S/C14H16Cl3N3/c1-8-10(14(17)20(2)19-8)6-9(18)7-11-12(15)4-3-5-13(11)16/h3-5,9H,6-7,18H2,1-2H3. The van der Waals surface area contributed by atoms with Crippen LogP contribution in [0.2, 0.25) is 15.2 Å². The molecule has 108 valence electrons. The number of nitrogens with two attached hydrogens (primary N) is 1. The molecule has 1 aromatic heterocycles. The maximum absolute atomic E-state index is 6.22. The monoisotopic (exact) mass is 331 g/mol. The zero-order chi connectivity index (χ0) is 14.9. The fourth-order valence-corrected chi connectivity index (χ4v) is 3.03. The van der Waals surface area contributed by atoms with Gasteiger partial charge in [-0.25, -0.2) is 0 Å². The highest BCUT2D eigenvalue weighted by atomic mass is 35.5. The van der Waals surface area contributed by atoms with Crippen molar-refractivity contribution in [2.45, 2.75) is 25.8 Å². The Morgan fingerprint density at radius 2 is 1.70 bits per heavy atom. The van der Waals surface area contributed by atoms with Gasteiger partial charge in [-0.15, -0.1) is 0 Å². The van der Waals surface area contributed by atoms with Crippen LogP contribution in [0.3, 0.4) is 0 Å². The van der Waals surface area contributed by atoms with Crippen molar-refractivity contribution in [3.8, 4) is 0 Å². The molecule has 3 nitrogen and oxygen atoms in total. The van der Waals surface area contributed by atoms with Crippen LogP contribution >= 0.6 is 34.8 Å². The van der Waals surface area contributed by atoms with Crippen LogP contribution in [0.15, 0.2) is 18.2 Å². The summed E-state index contributed by atoms with van der Waals surface area (Å²) in [5.41, 5.74) is 8.96. The minimum Gasteiger partial charge on any atom is -0.327 e. The fraction of sp³-hybridized carbons (Fsp3) is 0.357. The van der Waals surface area contributed by atoms with Crippen LogP contribution in [0, 0.1) is 6.92 Å². The summed E-state index contributed by atoms with van der Waals surface area (Å²) in [6.07, 6.45) is 1.24. The Balaban J connectivity index is 2.15. The lowest BCUT2D eigenvalue weighted by Crippen LogP contribution is -2.26. The first-order chi connectivity index (χ1) is 9.40. The molecule has 0 aliphatic heterocycles. The van der Waals surface area contributed by atoms with Gasteiger partial charge < -0.3 is 5.73 Å². The van der Waals surface area contributed by atoms with E-state index in [0.717, 1.165) is 16.8 Å². The molecule has 0 aliphatic rings. The van der Waals surface area contributed by atoms with Gasteiger partial charge in [0.15, 0.2) is 0 Å². The average Bonchev–Trinajstić information content (AvgIpc) is 2.61. The molecule has 2 aromatic rings. The molecule has 0 fully saturated rings. The molecule has 1 aromatic carbocycles. The predicted octanol–water partition coefficient (Wildman–Crippen LogP) is 3.80. The van der Waals surface area contributed by atoms with Crippen molar-refractivity contribution in [2.75, 3.05) is 0 Å². The Labute approximate surface area is 133 Å². The van der Waals surface area contributed by atoms with E-state index in [0.29, 0.717) is 28.0 Å². The van der Waals surface area contributed by atoms with E-state index in [-0.39, 0.29) is 6.04 Å². The van der Waals surface area contributed by atoms with E-state index in [1.807, 2.05) is 32.2 Å². The Bertz CT molecular complexity index is 602. The molecule has 0 amide bonds. The molecule has 1 atom stereocenters. The van der Waals surface area contributed by atoms with E-state index < -0.39 is 0 Å². The minimum atomic E-state index is -0.118. The van der Waals surface area contributed by atoms with Crippen LogP contribution in [0.5, 0.6) is 0 Å². The van der Waals surface area contributed by atoms with Crippen LogP contribution in [0.25, 0.3) is 0 Å². The van der Waals surface area contributed by atoms with E-state index in [1.54, 1.807) is 4.68 Å². The molecule has 2 N–H and O–H groups in total. The van der Waals surface area contributed by atoms with Gasteiger partial charge >= 0.3 is 0 Å². The van der Waals surface area contributed by atoms with Gasteiger partial charge in [-0.3, -0.25) is 4.68 Å². The summed E-state index contributed by atoms with van der Waals surface area (Å²) in [7, 11) is 1.81. The molecule has 6 heteroatoms. The van der Waals surface area contributed by atoms with Gasteiger partial charge in [0.2, 0.25) is 0 Å². The zero-order valence-electron chi connectivity index (χ0n) is 11.3. The van der Waals surface area contributed by atoms with Crippen LogP contribution in [0.4, 0.5) is 0 Å². The van der Waals surface area contributed by atoms with Gasteiger partial charge in [-0.2, -0.15) is 5.10 Å². The maximum Gasteiger partial charge on any atom is 0.130 e. The molecule has 0 saturated heterocycles. The number of halogens is 3. The number of aromatic nitrogens is 2. The maximum atomic E-state index is 6.22. The number of rotatable bonds is 4. The van der Waals surface area contributed by atoms with Gasteiger partial charge in [-0.05, 0) is 37.5 Å². The summed E-state index contributed by atoms with van der Waals surface area (Å²) in [6.45, 7) is 1.93. The lowest BCUT2D eigenvalue weighted by molar-refractivity contribution is 0.662. The van der Waals surface area contributed by atoms with Crippen molar-refractivity contribution in [1.29, 1.82) is 0 Å². The van der Waals surface area contributed by atoms with E-state index in [4.69, 9.17) is 40.5 Å². The topological polar surface area (TPSA) is 43.8 Å². The van der Waals surface area contributed by atoms with E-state index >= 15 is 0 Å². The van der Waals surface area contributed by atoms with Crippen molar-refractivity contribution in [1.82, 2.24) is 9.78 Å². The van der Waals surface area contributed by atoms with E-state index in [2.05, 4.69) is 5.10 Å². The third-order valence-corrected chi connectivity index (χ3v) is 4.45. The highest BCUT2D eigenvalue weighted by molar-refractivity contribution is 6.36. The molecule has 2 rings (SSSR count). The van der Waals surface area contributed by atoms with E-state index in [1.165, 1.54) is 0 Å². The van der Waals surface area contributed by atoms with Gasteiger partial charge in [0.05, 0.1) is 5.69 Å². The molecule has 0 radical (unpaired) electrons. The molecule has 20 heavy (non-hydrogen) atoms. The van der Waals surface area contributed by atoms with Crippen molar-refractivity contribution >= 4 is 34.8 Å². The first-order valence-electron chi connectivity index (χ1n) is 6.26.